The van der Waals surface area contributed by atoms with E-state index in [1.54, 1.807) is 22.9 Å². The Kier molecular flexibility index (Phi) is 3.70. The van der Waals surface area contributed by atoms with Gasteiger partial charge < -0.3 is 0 Å². The summed E-state index contributed by atoms with van der Waals surface area (Å²) in [7, 11) is 1.86. The van der Waals surface area contributed by atoms with Gasteiger partial charge in [-0.25, -0.2) is 0 Å². The van der Waals surface area contributed by atoms with Gasteiger partial charge in [0.2, 0.25) is 0 Å². The predicted octanol–water partition coefficient (Wildman–Crippen LogP) is 4.31. The minimum atomic E-state index is -0.130. The Hall–Kier alpha value is -1.84. The molecule has 0 bridgehead atoms. The van der Waals surface area contributed by atoms with Crippen LogP contribution in [0.3, 0.4) is 0 Å². The molecule has 0 amide bonds. The van der Waals surface area contributed by atoms with Crippen molar-refractivity contribution in [2.75, 3.05) is 0 Å². The van der Waals surface area contributed by atoms with Gasteiger partial charge in [0.1, 0.15) is 0 Å². The lowest BCUT2D eigenvalue weighted by Crippen LogP contribution is -2.06. The van der Waals surface area contributed by atoms with Gasteiger partial charge in [0.15, 0.2) is 5.78 Å². The number of aryl methyl sites for hydroxylation is 1. The van der Waals surface area contributed by atoms with Crippen LogP contribution >= 0.6 is 23.2 Å². The molecule has 0 unspecified atom stereocenters. The largest absolute Gasteiger partial charge is 0.294 e. The summed E-state index contributed by atoms with van der Waals surface area (Å²) >= 11 is 12.2. The molecule has 0 aliphatic heterocycles. The van der Waals surface area contributed by atoms with E-state index in [0.29, 0.717) is 15.6 Å². The lowest BCUT2D eigenvalue weighted by atomic mass is 10.0. The normalized spacial score (nSPS) is 11.0. The topological polar surface area (TPSA) is 34.9 Å². The third-order valence-electron chi connectivity index (χ3n) is 3.40. The van der Waals surface area contributed by atoms with Crippen LogP contribution < -0.4 is 0 Å². The fraction of sp³-hybridized carbons (Fsp3) is 0.125. The number of fused-ring (bicyclic) bond motifs is 1. The first-order chi connectivity index (χ1) is 10.1. The number of hydrogen-bond donors (Lipinski definition) is 0. The van der Waals surface area contributed by atoms with Crippen LogP contribution in [0.5, 0.6) is 0 Å². The summed E-state index contributed by atoms with van der Waals surface area (Å²) in [5, 5.41) is 6.13. The van der Waals surface area contributed by atoms with E-state index < -0.39 is 0 Å². The summed E-state index contributed by atoms with van der Waals surface area (Å²) in [5.41, 5.74) is 2.08. The second-order valence-corrected chi connectivity index (χ2v) is 5.60. The molecular weight excluding hydrogens is 307 g/mol. The van der Waals surface area contributed by atoms with Gasteiger partial charge in [0.05, 0.1) is 33.2 Å². The summed E-state index contributed by atoms with van der Waals surface area (Å²) < 4.78 is 1.77. The van der Waals surface area contributed by atoms with Gasteiger partial charge in [-0.3, -0.25) is 9.48 Å². The van der Waals surface area contributed by atoms with Crippen LogP contribution in [-0.2, 0) is 13.5 Å². The number of nitrogens with zero attached hydrogens (tertiary/aromatic N) is 2. The van der Waals surface area contributed by atoms with E-state index in [-0.39, 0.29) is 12.2 Å². The predicted molar refractivity (Wildman–Crippen MR) is 85.2 cm³/mol. The monoisotopic (exact) mass is 318 g/mol. The van der Waals surface area contributed by atoms with Gasteiger partial charge in [-0.1, -0.05) is 47.5 Å². The van der Waals surface area contributed by atoms with E-state index in [2.05, 4.69) is 5.10 Å². The van der Waals surface area contributed by atoms with Crippen molar-refractivity contribution in [2.45, 2.75) is 6.42 Å². The van der Waals surface area contributed by atoms with Crippen LogP contribution in [0.4, 0.5) is 0 Å². The molecule has 1 heterocycles. The van der Waals surface area contributed by atoms with E-state index in [9.17, 15) is 4.79 Å². The van der Waals surface area contributed by atoms with E-state index in [0.717, 1.165) is 16.6 Å². The minimum absolute atomic E-state index is 0.130. The van der Waals surface area contributed by atoms with Crippen LogP contribution in [0.15, 0.2) is 42.5 Å². The average molecular weight is 319 g/mol. The molecule has 5 heteroatoms. The molecule has 0 aliphatic rings. The summed E-state index contributed by atoms with van der Waals surface area (Å²) in [6.07, 6.45) is 0.171. The lowest BCUT2D eigenvalue weighted by Gasteiger charge is -2.04. The molecule has 0 spiro atoms. The maximum absolute atomic E-state index is 12.5. The highest BCUT2D eigenvalue weighted by atomic mass is 35.5. The maximum Gasteiger partial charge on any atom is 0.171 e. The fourth-order valence-corrected chi connectivity index (χ4v) is 3.03. The molecule has 21 heavy (non-hydrogen) atoms. The molecule has 106 valence electrons. The summed E-state index contributed by atoms with van der Waals surface area (Å²) in [4.78, 5) is 12.5. The van der Waals surface area contributed by atoms with Gasteiger partial charge in [-0.05, 0) is 18.2 Å². The zero-order valence-corrected chi connectivity index (χ0v) is 12.8. The second-order valence-electron chi connectivity index (χ2n) is 4.78. The van der Waals surface area contributed by atoms with Crippen molar-refractivity contribution in [1.82, 2.24) is 9.78 Å². The van der Waals surface area contributed by atoms with Crippen LogP contribution in [0, 0.1) is 0 Å². The molecule has 0 N–H and O–H groups in total. The number of benzene rings is 2. The number of ketones is 1. The van der Waals surface area contributed by atoms with E-state index in [1.807, 2.05) is 31.3 Å². The van der Waals surface area contributed by atoms with Gasteiger partial charge in [0.25, 0.3) is 0 Å². The fourth-order valence-electron chi connectivity index (χ4n) is 2.42. The quantitative estimate of drug-likeness (QED) is 0.675. The van der Waals surface area contributed by atoms with Gasteiger partial charge in [0, 0.05) is 12.4 Å². The van der Waals surface area contributed by atoms with Gasteiger partial charge in [-0.2, -0.15) is 5.10 Å². The Balaban J connectivity index is 2.01. The number of Topliss-reactive ketones (excluding diaryl/α,β-unsaturated/α-hetero) is 1. The van der Waals surface area contributed by atoms with Crippen LogP contribution in [0.2, 0.25) is 10.0 Å². The number of para-hydroxylation sites is 1. The first kappa shape index (κ1) is 14.1. The molecule has 0 aliphatic carbocycles. The zero-order chi connectivity index (χ0) is 15.0. The highest BCUT2D eigenvalue weighted by Gasteiger charge is 2.18. The Morgan fingerprint density at radius 3 is 2.48 bits per heavy atom. The standard InChI is InChI=1S/C16H12Cl2N2O/c1-20-14-8-3-2-5-10(14)13(19-20)9-15(21)16-11(17)6-4-7-12(16)18/h2-8H,9H2,1H3. The molecule has 2 aromatic carbocycles. The van der Waals surface area contributed by atoms with Crippen LogP contribution in [0.25, 0.3) is 10.9 Å². The summed E-state index contributed by atoms with van der Waals surface area (Å²) in [6, 6.07) is 12.9. The van der Waals surface area contributed by atoms with Crippen molar-refractivity contribution in [3.63, 3.8) is 0 Å². The Bertz CT molecular complexity index is 819. The highest BCUT2D eigenvalue weighted by Crippen LogP contribution is 2.27. The smallest absolute Gasteiger partial charge is 0.171 e. The number of carbonyl (C=O) groups excluding carboxylic acids is 1. The number of hydrogen-bond acceptors (Lipinski definition) is 2. The maximum atomic E-state index is 12.5. The number of aromatic nitrogens is 2. The SMILES string of the molecule is Cn1nc(CC(=O)c2c(Cl)cccc2Cl)c2ccccc21. The summed E-state index contributed by atoms with van der Waals surface area (Å²) in [6.45, 7) is 0. The molecule has 1 aromatic heterocycles. The Morgan fingerprint density at radius 1 is 1.10 bits per heavy atom. The van der Waals surface area contributed by atoms with Crippen molar-refractivity contribution < 1.29 is 4.79 Å². The van der Waals surface area contributed by atoms with E-state index >= 15 is 0 Å². The molecular formula is C16H12Cl2N2O. The molecule has 3 rings (SSSR count). The van der Waals surface area contributed by atoms with Gasteiger partial charge in [-0.15, -0.1) is 0 Å². The molecule has 0 saturated carbocycles. The summed E-state index contributed by atoms with van der Waals surface area (Å²) in [5.74, 6) is -0.130. The van der Waals surface area contributed by atoms with E-state index in [4.69, 9.17) is 23.2 Å². The highest BCUT2D eigenvalue weighted by molar-refractivity contribution is 6.39. The van der Waals surface area contributed by atoms with Crippen molar-refractivity contribution >= 4 is 39.9 Å². The second kappa shape index (κ2) is 5.51. The first-order valence-corrected chi connectivity index (χ1v) is 7.21. The molecule has 0 saturated heterocycles. The Labute approximate surface area is 132 Å². The van der Waals surface area contributed by atoms with Crippen molar-refractivity contribution in [1.29, 1.82) is 0 Å². The molecule has 0 radical (unpaired) electrons. The minimum Gasteiger partial charge on any atom is -0.294 e. The van der Waals surface area contributed by atoms with Crippen LogP contribution in [0.1, 0.15) is 16.1 Å². The Morgan fingerprint density at radius 2 is 1.76 bits per heavy atom. The zero-order valence-electron chi connectivity index (χ0n) is 11.3. The molecule has 0 atom stereocenters. The first-order valence-electron chi connectivity index (χ1n) is 6.45. The molecule has 0 fully saturated rings. The third-order valence-corrected chi connectivity index (χ3v) is 4.03. The molecule has 3 aromatic rings. The van der Waals surface area contributed by atoms with Crippen molar-refractivity contribution in [2.24, 2.45) is 7.05 Å². The van der Waals surface area contributed by atoms with Crippen LogP contribution in [-0.4, -0.2) is 15.6 Å². The van der Waals surface area contributed by atoms with E-state index in [1.165, 1.54) is 0 Å². The molecule has 3 nitrogen and oxygen atoms in total. The van der Waals surface area contributed by atoms with Crippen molar-refractivity contribution in [3.8, 4) is 0 Å². The van der Waals surface area contributed by atoms with Crippen molar-refractivity contribution in [3.05, 3.63) is 63.8 Å². The third kappa shape index (κ3) is 2.55. The number of halogens is 2. The average Bonchev–Trinajstić information content (AvgIpc) is 2.76. The number of carbonyl (C=O) groups is 1. The lowest BCUT2D eigenvalue weighted by molar-refractivity contribution is 0.0992. The van der Waals surface area contributed by atoms with Gasteiger partial charge >= 0.3 is 0 Å². The number of rotatable bonds is 3.